The van der Waals surface area contributed by atoms with Gasteiger partial charge in [-0.2, -0.15) is 0 Å². The third-order valence-electron chi connectivity index (χ3n) is 2.93. The number of hydrogen-bond donors (Lipinski definition) is 2. The lowest BCUT2D eigenvalue weighted by molar-refractivity contribution is 0.0437. The van der Waals surface area contributed by atoms with Gasteiger partial charge in [0.25, 0.3) is 0 Å². The summed E-state index contributed by atoms with van der Waals surface area (Å²) in [4.78, 5) is 0.207. The standard InChI is InChI=1S/C14H22BrNO3S/c1-10(2)8-14(4,17)9-16-20(18,19)12-5-6-13(15)11(3)7-12/h5-7,10,16-17H,8-9H2,1-4H3. The zero-order valence-corrected chi connectivity index (χ0v) is 14.7. The van der Waals surface area contributed by atoms with Crippen molar-refractivity contribution in [1.82, 2.24) is 4.72 Å². The van der Waals surface area contributed by atoms with Crippen LogP contribution in [0.2, 0.25) is 0 Å². The SMILES string of the molecule is Cc1cc(S(=O)(=O)NCC(C)(O)CC(C)C)ccc1Br. The molecule has 0 bridgehead atoms. The molecule has 0 saturated carbocycles. The van der Waals surface area contributed by atoms with E-state index in [-0.39, 0.29) is 11.4 Å². The van der Waals surface area contributed by atoms with E-state index in [0.29, 0.717) is 12.3 Å². The van der Waals surface area contributed by atoms with Gasteiger partial charge in [0.05, 0.1) is 10.5 Å². The van der Waals surface area contributed by atoms with E-state index in [4.69, 9.17) is 0 Å². The highest BCUT2D eigenvalue weighted by molar-refractivity contribution is 9.10. The summed E-state index contributed by atoms with van der Waals surface area (Å²) in [5.41, 5.74) is -0.201. The lowest BCUT2D eigenvalue weighted by atomic mass is 9.95. The molecular weight excluding hydrogens is 342 g/mol. The maximum Gasteiger partial charge on any atom is 0.240 e. The van der Waals surface area contributed by atoms with Crippen LogP contribution in [-0.4, -0.2) is 25.7 Å². The minimum Gasteiger partial charge on any atom is -0.389 e. The molecule has 0 amide bonds. The number of benzene rings is 1. The number of aliphatic hydroxyl groups is 1. The molecule has 0 saturated heterocycles. The minimum atomic E-state index is -3.60. The Morgan fingerprint density at radius 3 is 2.50 bits per heavy atom. The molecule has 6 heteroatoms. The second kappa shape index (κ2) is 6.56. The lowest BCUT2D eigenvalue weighted by Crippen LogP contribution is -2.41. The highest BCUT2D eigenvalue weighted by Gasteiger charge is 2.25. The van der Waals surface area contributed by atoms with Gasteiger partial charge in [-0.25, -0.2) is 13.1 Å². The molecule has 20 heavy (non-hydrogen) atoms. The highest BCUT2D eigenvalue weighted by Crippen LogP contribution is 2.21. The zero-order chi connectivity index (χ0) is 15.6. The summed E-state index contributed by atoms with van der Waals surface area (Å²) in [7, 11) is -3.60. The second-order valence-corrected chi connectivity index (χ2v) is 8.45. The average molecular weight is 364 g/mol. The molecule has 0 spiro atoms. The molecule has 0 fully saturated rings. The fourth-order valence-corrected chi connectivity index (χ4v) is 3.56. The van der Waals surface area contributed by atoms with E-state index in [9.17, 15) is 13.5 Å². The first-order valence-electron chi connectivity index (χ1n) is 6.52. The zero-order valence-electron chi connectivity index (χ0n) is 12.3. The Morgan fingerprint density at radius 2 is 2.00 bits per heavy atom. The summed E-state index contributed by atoms with van der Waals surface area (Å²) in [5.74, 6) is 0.296. The fourth-order valence-electron chi connectivity index (χ4n) is 2.07. The van der Waals surface area contributed by atoms with E-state index >= 15 is 0 Å². The first kappa shape index (κ1) is 17.6. The smallest absolute Gasteiger partial charge is 0.240 e. The Kier molecular flexibility index (Phi) is 5.78. The minimum absolute atomic E-state index is 0.00260. The van der Waals surface area contributed by atoms with Crippen molar-refractivity contribution in [2.75, 3.05) is 6.54 Å². The normalized spacial score (nSPS) is 15.3. The van der Waals surface area contributed by atoms with Crippen molar-refractivity contribution in [2.24, 2.45) is 5.92 Å². The molecule has 1 unspecified atom stereocenters. The van der Waals surface area contributed by atoms with Crippen molar-refractivity contribution in [3.63, 3.8) is 0 Å². The van der Waals surface area contributed by atoms with Gasteiger partial charge in [0.2, 0.25) is 10.0 Å². The summed E-state index contributed by atoms with van der Waals surface area (Å²) in [6.45, 7) is 7.45. The Bertz CT molecular complexity index is 568. The van der Waals surface area contributed by atoms with Crippen molar-refractivity contribution in [3.8, 4) is 0 Å². The summed E-state index contributed by atoms with van der Waals surface area (Å²) in [6.07, 6.45) is 0.537. The molecule has 114 valence electrons. The predicted molar refractivity (Wildman–Crippen MR) is 84.1 cm³/mol. The Hall–Kier alpha value is -0.430. The highest BCUT2D eigenvalue weighted by atomic mass is 79.9. The van der Waals surface area contributed by atoms with Gasteiger partial charge in [-0.3, -0.25) is 0 Å². The molecule has 0 heterocycles. The Balaban J connectivity index is 2.82. The van der Waals surface area contributed by atoms with Crippen LogP contribution in [-0.2, 0) is 10.0 Å². The third kappa shape index (κ3) is 5.16. The van der Waals surface area contributed by atoms with Gasteiger partial charge in [0, 0.05) is 11.0 Å². The van der Waals surface area contributed by atoms with E-state index < -0.39 is 15.6 Å². The molecule has 0 aliphatic heterocycles. The van der Waals surface area contributed by atoms with Crippen molar-refractivity contribution in [3.05, 3.63) is 28.2 Å². The van der Waals surface area contributed by atoms with Gasteiger partial charge in [-0.1, -0.05) is 29.8 Å². The van der Waals surface area contributed by atoms with E-state index in [0.717, 1.165) is 10.0 Å². The molecule has 0 radical (unpaired) electrons. The fraction of sp³-hybridized carbons (Fsp3) is 0.571. The number of nitrogens with one attached hydrogen (secondary N) is 1. The maximum atomic E-state index is 12.2. The number of halogens is 1. The molecule has 0 aromatic heterocycles. The van der Waals surface area contributed by atoms with Gasteiger partial charge in [-0.15, -0.1) is 0 Å². The summed E-state index contributed by atoms with van der Waals surface area (Å²) in [5, 5.41) is 10.2. The van der Waals surface area contributed by atoms with Crippen LogP contribution in [0, 0.1) is 12.8 Å². The monoisotopic (exact) mass is 363 g/mol. The summed E-state index contributed by atoms with van der Waals surface area (Å²) in [6, 6.07) is 4.84. The summed E-state index contributed by atoms with van der Waals surface area (Å²) < 4.78 is 27.7. The van der Waals surface area contributed by atoms with Crippen molar-refractivity contribution in [1.29, 1.82) is 0 Å². The van der Waals surface area contributed by atoms with Crippen molar-refractivity contribution in [2.45, 2.75) is 44.6 Å². The first-order chi connectivity index (χ1) is 9.03. The molecule has 4 nitrogen and oxygen atoms in total. The Morgan fingerprint density at radius 1 is 1.40 bits per heavy atom. The van der Waals surface area contributed by atoms with Crippen LogP contribution in [0.25, 0.3) is 0 Å². The second-order valence-electron chi connectivity index (χ2n) is 5.83. The molecule has 1 atom stereocenters. The van der Waals surface area contributed by atoms with Crippen LogP contribution in [0.4, 0.5) is 0 Å². The quantitative estimate of drug-likeness (QED) is 0.816. The molecular formula is C14H22BrNO3S. The lowest BCUT2D eigenvalue weighted by Gasteiger charge is -2.25. The van der Waals surface area contributed by atoms with Gasteiger partial charge < -0.3 is 5.11 Å². The van der Waals surface area contributed by atoms with E-state index in [1.807, 2.05) is 20.8 Å². The van der Waals surface area contributed by atoms with Crippen LogP contribution < -0.4 is 4.72 Å². The van der Waals surface area contributed by atoms with E-state index in [1.54, 1.807) is 19.1 Å². The molecule has 2 N–H and O–H groups in total. The molecule has 1 aromatic carbocycles. The third-order valence-corrected chi connectivity index (χ3v) is 5.22. The van der Waals surface area contributed by atoms with Crippen molar-refractivity contribution < 1.29 is 13.5 Å². The van der Waals surface area contributed by atoms with E-state index in [2.05, 4.69) is 20.7 Å². The van der Waals surface area contributed by atoms with Gasteiger partial charge in [-0.05, 0) is 49.9 Å². The molecule has 1 aromatic rings. The van der Waals surface area contributed by atoms with Crippen LogP contribution in [0.1, 0.15) is 32.8 Å². The number of sulfonamides is 1. The van der Waals surface area contributed by atoms with Gasteiger partial charge in [0.1, 0.15) is 0 Å². The van der Waals surface area contributed by atoms with Crippen LogP contribution in [0.3, 0.4) is 0 Å². The molecule has 0 aliphatic rings. The number of rotatable bonds is 6. The number of aryl methyl sites for hydroxylation is 1. The maximum absolute atomic E-state index is 12.2. The van der Waals surface area contributed by atoms with Crippen molar-refractivity contribution >= 4 is 26.0 Å². The van der Waals surface area contributed by atoms with Gasteiger partial charge >= 0.3 is 0 Å². The molecule has 0 aliphatic carbocycles. The molecule has 1 rings (SSSR count). The van der Waals surface area contributed by atoms with Gasteiger partial charge in [0.15, 0.2) is 0 Å². The predicted octanol–water partition coefficient (Wildman–Crippen LogP) is 2.83. The van der Waals surface area contributed by atoms with Crippen LogP contribution in [0.15, 0.2) is 27.6 Å². The first-order valence-corrected chi connectivity index (χ1v) is 8.79. The van der Waals surface area contributed by atoms with E-state index in [1.165, 1.54) is 6.07 Å². The summed E-state index contributed by atoms with van der Waals surface area (Å²) >= 11 is 3.34. The topological polar surface area (TPSA) is 66.4 Å². The average Bonchev–Trinajstić information content (AvgIpc) is 2.29. The largest absolute Gasteiger partial charge is 0.389 e. The number of hydrogen-bond acceptors (Lipinski definition) is 3. The van der Waals surface area contributed by atoms with Crippen LogP contribution in [0.5, 0.6) is 0 Å². The Labute approximate surface area is 129 Å². The van der Waals surface area contributed by atoms with Crippen LogP contribution >= 0.6 is 15.9 Å².